The zero-order valence-corrected chi connectivity index (χ0v) is 35.6. The summed E-state index contributed by atoms with van der Waals surface area (Å²) in [5.41, 5.74) is -1.89. The first-order chi connectivity index (χ1) is 30.7. The lowest BCUT2D eigenvalue weighted by molar-refractivity contribution is -0.325. The minimum atomic E-state index is -4.85. The number of hydrogen-bond acceptors (Lipinski definition) is 9. The summed E-state index contributed by atoms with van der Waals surface area (Å²) < 4.78 is 138. The summed E-state index contributed by atoms with van der Waals surface area (Å²) in [5, 5.41) is 15.8. The van der Waals surface area contributed by atoms with Gasteiger partial charge in [0.15, 0.2) is 5.82 Å². The van der Waals surface area contributed by atoms with E-state index in [1.165, 1.54) is 70.8 Å². The number of halogens is 10. The molecule has 4 heterocycles. The third-order valence-corrected chi connectivity index (χ3v) is 11.5. The summed E-state index contributed by atoms with van der Waals surface area (Å²) in [7, 11) is 1.58. The zero-order valence-electron chi connectivity index (χ0n) is 34.0. The van der Waals surface area contributed by atoms with Crippen LogP contribution in [0.4, 0.5) is 45.3 Å². The van der Waals surface area contributed by atoms with Crippen LogP contribution in [0.1, 0.15) is 47.7 Å². The van der Waals surface area contributed by atoms with Crippen LogP contribution in [-0.2, 0) is 48.4 Å². The molecule has 342 valence electrons. The van der Waals surface area contributed by atoms with Crippen molar-refractivity contribution in [1.82, 2.24) is 44.2 Å². The molecule has 1 amide bonds. The molecule has 0 spiro atoms. The van der Waals surface area contributed by atoms with E-state index >= 15 is 13.6 Å². The monoisotopic (exact) mass is 952 g/mol. The second kappa shape index (κ2) is 17.4. The third-order valence-electron chi connectivity index (χ3n) is 10.8. The second-order valence-corrected chi connectivity index (χ2v) is 16.2. The molecular weight excluding hydrogens is 919 g/mol. The molecule has 0 radical (unpaired) electrons. The lowest BCUT2D eigenvalue weighted by Gasteiger charge is -2.24. The molecule has 1 aliphatic carbocycles. The van der Waals surface area contributed by atoms with Gasteiger partial charge in [0.05, 0.1) is 57.4 Å². The Balaban J connectivity index is 1.31. The van der Waals surface area contributed by atoms with Crippen LogP contribution >= 0.6 is 23.5 Å². The molecule has 0 aliphatic heterocycles. The number of rotatable bonds is 14. The van der Waals surface area contributed by atoms with Crippen LogP contribution in [0.15, 0.2) is 65.6 Å². The van der Waals surface area contributed by atoms with E-state index in [0.29, 0.717) is 33.0 Å². The van der Waals surface area contributed by atoms with Crippen molar-refractivity contribution in [3.63, 3.8) is 0 Å². The highest BCUT2D eigenvalue weighted by molar-refractivity contribution is 7.99. The molecule has 24 heteroatoms. The number of aromatic nitrogens is 8. The Morgan fingerprint density at radius 1 is 1.05 bits per heavy atom. The summed E-state index contributed by atoms with van der Waals surface area (Å²) in [6, 6.07) is 9.91. The zero-order chi connectivity index (χ0) is 46.7. The van der Waals surface area contributed by atoms with Crippen LogP contribution in [0, 0.1) is 17.6 Å². The molecule has 13 nitrogen and oxygen atoms in total. The average Bonchev–Trinajstić information content (AvgIpc) is 3.97. The summed E-state index contributed by atoms with van der Waals surface area (Å²) in [6.45, 7) is -0.822. The van der Waals surface area contributed by atoms with E-state index in [1.54, 1.807) is 13.3 Å². The third kappa shape index (κ3) is 8.87. The maximum Gasteiger partial charge on any atom is 0.522 e. The summed E-state index contributed by atoms with van der Waals surface area (Å²) in [5.74, 6) is -8.01. The quantitative estimate of drug-likeness (QED) is 0.0810. The number of ether oxygens (including phenoxy) is 1. The van der Waals surface area contributed by atoms with Gasteiger partial charge in [-0.05, 0) is 54.4 Å². The van der Waals surface area contributed by atoms with E-state index in [2.05, 4.69) is 30.1 Å². The highest BCUT2D eigenvalue weighted by Gasteiger charge is 2.51. The topological polar surface area (TPSA) is 139 Å². The number of alkyl halides is 7. The smallest absolute Gasteiger partial charge is 0.344 e. The first-order valence-electron chi connectivity index (χ1n) is 19.5. The summed E-state index contributed by atoms with van der Waals surface area (Å²) >= 11 is 7.91. The molecule has 0 fully saturated rings. The Morgan fingerprint density at radius 3 is 2.48 bits per heavy atom. The highest BCUT2D eigenvalue weighted by atomic mass is 35.5. The highest BCUT2D eigenvalue weighted by Crippen LogP contribution is 2.48. The van der Waals surface area contributed by atoms with Crippen LogP contribution in [-0.4, -0.2) is 64.0 Å². The summed E-state index contributed by atoms with van der Waals surface area (Å²) in [6.07, 6.45) is -5.83. The van der Waals surface area contributed by atoms with Crippen molar-refractivity contribution < 1.29 is 49.0 Å². The normalized spacial score (nSPS) is 15.3. The minimum absolute atomic E-state index is 0.00145. The molecule has 0 saturated heterocycles. The Labute approximate surface area is 370 Å². The number of amides is 1. The maximum absolute atomic E-state index is 15.5. The number of nitrogens with zero attached hydrogens (tertiary/aromatic N) is 8. The van der Waals surface area contributed by atoms with Gasteiger partial charge < -0.3 is 10.0 Å². The average molecular weight is 953 g/mol. The van der Waals surface area contributed by atoms with Crippen molar-refractivity contribution in [3.05, 3.63) is 116 Å². The Morgan fingerprint density at radius 2 is 1.78 bits per heavy atom. The molecule has 4 aromatic heterocycles. The lowest BCUT2D eigenvalue weighted by atomic mass is 10.0. The van der Waals surface area contributed by atoms with E-state index in [4.69, 9.17) is 16.6 Å². The first kappa shape index (κ1) is 45.5. The van der Waals surface area contributed by atoms with Gasteiger partial charge in [-0.1, -0.05) is 36.5 Å². The van der Waals surface area contributed by atoms with Crippen molar-refractivity contribution in [3.8, 4) is 16.9 Å². The van der Waals surface area contributed by atoms with Crippen molar-refractivity contribution in [2.24, 2.45) is 13.0 Å². The van der Waals surface area contributed by atoms with E-state index in [-0.39, 0.29) is 50.8 Å². The Hall–Kier alpha value is -6.07. The van der Waals surface area contributed by atoms with E-state index in [9.17, 15) is 35.5 Å². The summed E-state index contributed by atoms with van der Waals surface area (Å²) in [4.78, 5) is 34.0. The predicted octanol–water partition coefficient (Wildman–Crippen LogP) is 8.81. The van der Waals surface area contributed by atoms with Crippen LogP contribution < -0.4 is 15.6 Å². The number of fused-ring (bicyclic) bond motifs is 3. The molecule has 8 rings (SSSR count). The second-order valence-electron chi connectivity index (χ2n) is 15.2. The van der Waals surface area contributed by atoms with E-state index in [0.717, 1.165) is 16.7 Å². The number of anilines is 1. The van der Waals surface area contributed by atoms with Crippen LogP contribution in [0.3, 0.4) is 0 Å². The predicted molar refractivity (Wildman–Crippen MR) is 222 cm³/mol. The van der Waals surface area contributed by atoms with Crippen LogP contribution in [0.5, 0.6) is 0 Å². The van der Waals surface area contributed by atoms with Gasteiger partial charge in [0.2, 0.25) is 5.91 Å². The molecule has 2 atom stereocenters. The fraction of sp³-hybridized carbons (Fsp3) is 0.317. The molecule has 65 heavy (non-hydrogen) atoms. The molecule has 2 unspecified atom stereocenters. The van der Waals surface area contributed by atoms with Gasteiger partial charge in [0.25, 0.3) is 17.9 Å². The number of carbonyl (C=O) groups excluding carboxylic acids is 1. The SMILES string of the molecule is CSNc1nn(C)c2c(-n3c(C(Cc4cc(F)cc(F)c4)NC(=O)Cn4nc(C(F)F)c5c4C(F)(F)C(C)C5)nc4cc(-c5ccn(CCOC(F)(F)F)n5)ccc4c3=O)ccc(Cl)c12. The number of benzene rings is 3. The van der Waals surface area contributed by atoms with Crippen molar-refractivity contribution >= 4 is 57.1 Å². The molecule has 2 N–H and O–H groups in total. The van der Waals surface area contributed by atoms with Crippen molar-refractivity contribution in [2.45, 2.75) is 57.6 Å². The van der Waals surface area contributed by atoms with Crippen molar-refractivity contribution in [1.29, 1.82) is 0 Å². The first-order valence-corrected chi connectivity index (χ1v) is 21.1. The molecule has 3 aromatic carbocycles. The van der Waals surface area contributed by atoms with Gasteiger partial charge in [0, 0.05) is 49.0 Å². The van der Waals surface area contributed by atoms with Crippen LogP contribution in [0.25, 0.3) is 38.8 Å². The number of hydrogen-bond donors (Lipinski definition) is 2. The Kier molecular flexibility index (Phi) is 12.2. The molecule has 0 saturated carbocycles. The molecule has 0 bridgehead atoms. The fourth-order valence-corrected chi connectivity index (χ4v) is 8.61. The maximum atomic E-state index is 15.5. The van der Waals surface area contributed by atoms with Gasteiger partial charge in [-0.2, -0.15) is 24.1 Å². The fourth-order valence-electron chi connectivity index (χ4n) is 8.03. The number of nitrogens with one attached hydrogen (secondary N) is 2. The van der Waals surface area contributed by atoms with Gasteiger partial charge >= 0.3 is 6.36 Å². The van der Waals surface area contributed by atoms with Crippen molar-refractivity contribution in [2.75, 3.05) is 17.6 Å². The molecule has 7 aromatic rings. The van der Waals surface area contributed by atoms with Crippen LogP contribution in [0.2, 0.25) is 5.02 Å². The van der Waals surface area contributed by atoms with Gasteiger partial charge in [-0.25, -0.2) is 22.5 Å². The molecule has 1 aliphatic rings. The minimum Gasteiger partial charge on any atom is -0.344 e. The largest absolute Gasteiger partial charge is 0.522 e. The standard InChI is InChI=1S/C41H34ClF9N10O3S/c1-19-12-25-33(36(45)46)55-60(35(25)40(19,47)48)18-31(62)52-29(15-20-13-22(43)17-23(44)14-20)38-53-28-16-21(27-8-9-59(54-27)10-11-64-41(49,50)51)4-5-24(28)39(63)61(38)30-7-6-26(42)32-34(30)58(2)56-37(32)57-65-3/h4-9,13-14,16-17,19,29,36H,10-12,15,18H2,1-3H3,(H,52,62)(H,56,57). The van der Waals surface area contributed by atoms with E-state index < -0.39 is 91.2 Å². The lowest BCUT2D eigenvalue weighted by Crippen LogP contribution is -2.38. The Bertz CT molecular complexity index is 3020. The van der Waals surface area contributed by atoms with Gasteiger partial charge in [-0.3, -0.25) is 32.9 Å². The van der Waals surface area contributed by atoms with Gasteiger partial charge in [0.1, 0.15) is 35.4 Å². The van der Waals surface area contributed by atoms with E-state index in [1.807, 2.05) is 0 Å². The number of aryl methyl sites for hydroxylation is 1. The van der Waals surface area contributed by atoms with Gasteiger partial charge in [-0.15, -0.1) is 13.2 Å². The molecular formula is C41H34ClF9N10O3S. The number of carbonyl (C=O) groups is 1.